The highest BCUT2D eigenvalue weighted by molar-refractivity contribution is 9.10. The van der Waals surface area contributed by atoms with E-state index in [4.69, 9.17) is 5.11 Å². The second kappa shape index (κ2) is 8.67. The third-order valence-electron chi connectivity index (χ3n) is 3.08. The van der Waals surface area contributed by atoms with Gasteiger partial charge < -0.3 is 15.7 Å². The van der Waals surface area contributed by atoms with E-state index in [9.17, 15) is 9.59 Å². The summed E-state index contributed by atoms with van der Waals surface area (Å²) in [6.45, 7) is 4.09. The van der Waals surface area contributed by atoms with Crippen LogP contribution in [-0.4, -0.2) is 23.1 Å². The van der Waals surface area contributed by atoms with Crippen LogP contribution in [0.5, 0.6) is 0 Å². The van der Waals surface area contributed by atoms with E-state index in [1.54, 1.807) is 6.07 Å². The van der Waals surface area contributed by atoms with Gasteiger partial charge in [0.05, 0.1) is 11.3 Å². The Morgan fingerprint density at radius 1 is 1.33 bits per heavy atom. The van der Waals surface area contributed by atoms with Gasteiger partial charge in [0.25, 0.3) is 0 Å². The molecule has 21 heavy (non-hydrogen) atoms. The van der Waals surface area contributed by atoms with Crippen LogP contribution in [0, 0.1) is 0 Å². The van der Waals surface area contributed by atoms with Gasteiger partial charge in [-0.2, -0.15) is 0 Å². The molecule has 0 saturated heterocycles. The molecule has 1 aromatic carbocycles. The summed E-state index contributed by atoms with van der Waals surface area (Å²) >= 11 is 3.29. The number of carboxylic acid groups (broad SMARTS) is 1. The van der Waals surface area contributed by atoms with Crippen LogP contribution in [0.15, 0.2) is 22.7 Å². The van der Waals surface area contributed by atoms with Crippen molar-refractivity contribution in [3.05, 3.63) is 28.2 Å². The number of carbonyl (C=O) groups excluding carboxylic acids is 1. The number of hydrogen-bond acceptors (Lipinski definition) is 2. The van der Waals surface area contributed by atoms with Crippen molar-refractivity contribution in [3.63, 3.8) is 0 Å². The zero-order chi connectivity index (χ0) is 15.8. The molecular formula is C15H21BrN2O3. The molecule has 0 aliphatic rings. The molecule has 1 rings (SSSR count). The van der Waals surface area contributed by atoms with E-state index in [1.165, 1.54) is 12.1 Å². The Morgan fingerprint density at radius 3 is 2.67 bits per heavy atom. The second-order valence-electron chi connectivity index (χ2n) is 5.00. The fraction of sp³-hybridized carbons (Fsp3) is 0.467. The molecule has 0 aromatic heterocycles. The first-order chi connectivity index (χ1) is 9.93. The van der Waals surface area contributed by atoms with Gasteiger partial charge in [0, 0.05) is 10.5 Å². The largest absolute Gasteiger partial charge is 0.478 e. The first kappa shape index (κ1) is 17.5. The van der Waals surface area contributed by atoms with Gasteiger partial charge in [0.2, 0.25) is 0 Å². The normalized spacial score (nSPS) is 11.8. The van der Waals surface area contributed by atoms with Gasteiger partial charge in [-0.25, -0.2) is 9.59 Å². The molecular weight excluding hydrogens is 336 g/mol. The first-order valence-electron chi connectivity index (χ1n) is 7.04. The van der Waals surface area contributed by atoms with Crippen molar-refractivity contribution in [1.29, 1.82) is 0 Å². The van der Waals surface area contributed by atoms with E-state index < -0.39 is 5.97 Å². The molecule has 1 atom stereocenters. The summed E-state index contributed by atoms with van der Waals surface area (Å²) in [5.74, 6) is -1.03. The smallest absolute Gasteiger partial charge is 0.335 e. The molecule has 0 fully saturated rings. The number of unbranched alkanes of at least 4 members (excludes halogenated alkanes) is 2. The third kappa shape index (κ3) is 6.16. The summed E-state index contributed by atoms with van der Waals surface area (Å²) in [6.07, 6.45) is 4.31. The zero-order valence-electron chi connectivity index (χ0n) is 12.3. The molecule has 0 aliphatic carbocycles. The fourth-order valence-corrected chi connectivity index (χ4v) is 2.25. The van der Waals surface area contributed by atoms with Crippen molar-refractivity contribution in [3.8, 4) is 0 Å². The van der Waals surface area contributed by atoms with Gasteiger partial charge in [-0.15, -0.1) is 0 Å². The number of aromatic carboxylic acids is 1. The summed E-state index contributed by atoms with van der Waals surface area (Å²) in [6, 6.07) is 4.25. The van der Waals surface area contributed by atoms with Crippen LogP contribution in [0.1, 0.15) is 49.9 Å². The van der Waals surface area contributed by atoms with Crippen LogP contribution in [0.25, 0.3) is 0 Å². The summed E-state index contributed by atoms with van der Waals surface area (Å²) in [7, 11) is 0. The highest BCUT2D eigenvalue weighted by Crippen LogP contribution is 2.23. The number of nitrogens with one attached hydrogen (secondary N) is 2. The van der Waals surface area contributed by atoms with Gasteiger partial charge in [0.1, 0.15) is 0 Å². The first-order valence-corrected chi connectivity index (χ1v) is 7.83. The van der Waals surface area contributed by atoms with Crippen LogP contribution in [0.4, 0.5) is 10.5 Å². The Balaban J connectivity index is 2.58. The third-order valence-corrected chi connectivity index (χ3v) is 3.77. The molecule has 0 heterocycles. The minimum Gasteiger partial charge on any atom is -0.478 e. The SMILES string of the molecule is CCCCCC(C)NC(=O)Nc1cc(C(=O)O)ccc1Br. The molecule has 0 bridgehead atoms. The van der Waals surface area contributed by atoms with Crippen LogP contribution in [-0.2, 0) is 0 Å². The number of carboxylic acids is 1. The predicted octanol–water partition coefficient (Wildman–Crippen LogP) is 4.24. The van der Waals surface area contributed by atoms with E-state index in [0.29, 0.717) is 10.2 Å². The number of rotatable bonds is 7. The number of anilines is 1. The quantitative estimate of drug-likeness (QED) is 0.639. The van der Waals surface area contributed by atoms with Gasteiger partial charge in [0.15, 0.2) is 0 Å². The molecule has 0 aliphatic heterocycles. The van der Waals surface area contributed by atoms with E-state index in [1.807, 2.05) is 6.92 Å². The number of amides is 2. The number of halogens is 1. The highest BCUT2D eigenvalue weighted by atomic mass is 79.9. The Morgan fingerprint density at radius 2 is 2.05 bits per heavy atom. The minimum absolute atomic E-state index is 0.0815. The highest BCUT2D eigenvalue weighted by Gasteiger charge is 2.11. The lowest BCUT2D eigenvalue weighted by Gasteiger charge is -2.15. The molecule has 0 spiro atoms. The molecule has 0 radical (unpaired) electrons. The molecule has 5 nitrogen and oxygen atoms in total. The van der Waals surface area contributed by atoms with E-state index in [-0.39, 0.29) is 17.6 Å². The maximum Gasteiger partial charge on any atom is 0.335 e. The minimum atomic E-state index is -1.03. The average molecular weight is 357 g/mol. The van der Waals surface area contributed by atoms with Crippen LogP contribution >= 0.6 is 15.9 Å². The molecule has 1 aromatic rings. The number of carbonyl (C=O) groups is 2. The van der Waals surface area contributed by atoms with Crippen molar-refractivity contribution in [1.82, 2.24) is 5.32 Å². The number of urea groups is 1. The predicted molar refractivity (Wildman–Crippen MR) is 86.9 cm³/mol. The standard InChI is InChI=1S/C15H21BrN2O3/c1-3-4-5-6-10(2)17-15(21)18-13-9-11(14(19)20)7-8-12(13)16/h7-10H,3-6H2,1-2H3,(H,19,20)(H2,17,18,21). The second-order valence-corrected chi connectivity index (χ2v) is 5.85. The lowest BCUT2D eigenvalue weighted by atomic mass is 10.1. The van der Waals surface area contributed by atoms with Crippen molar-refractivity contribution in [2.75, 3.05) is 5.32 Å². The van der Waals surface area contributed by atoms with Gasteiger partial charge in [-0.3, -0.25) is 0 Å². The Kier molecular flexibility index (Phi) is 7.22. The fourth-order valence-electron chi connectivity index (χ4n) is 1.91. The summed E-state index contributed by atoms with van der Waals surface area (Å²) in [5, 5.41) is 14.5. The monoisotopic (exact) mass is 356 g/mol. The average Bonchev–Trinajstić information content (AvgIpc) is 2.41. The van der Waals surface area contributed by atoms with Gasteiger partial charge in [-0.05, 0) is 47.5 Å². The van der Waals surface area contributed by atoms with Gasteiger partial charge >= 0.3 is 12.0 Å². The maximum absolute atomic E-state index is 11.9. The topological polar surface area (TPSA) is 78.4 Å². The molecule has 2 amide bonds. The Hall–Kier alpha value is -1.56. The Bertz CT molecular complexity index is 506. The molecule has 3 N–H and O–H groups in total. The number of benzene rings is 1. The molecule has 6 heteroatoms. The van der Waals surface area contributed by atoms with E-state index in [0.717, 1.165) is 25.7 Å². The Labute approximate surface area is 133 Å². The maximum atomic E-state index is 11.9. The lowest BCUT2D eigenvalue weighted by Crippen LogP contribution is -2.36. The zero-order valence-corrected chi connectivity index (χ0v) is 13.9. The van der Waals surface area contributed by atoms with Crippen LogP contribution in [0.2, 0.25) is 0 Å². The molecule has 1 unspecified atom stereocenters. The number of hydrogen-bond donors (Lipinski definition) is 3. The lowest BCUT2D eigenvalue weighted by molar-refractivity contribution is 0.0697. The molecule has 0 saturated carbocycles. The molecule has 116 valence electrons. The van der Waals surface area contributed by atoms with Crippen LogP contribution in [0.3, 0.4) is 0 Å². The van der Waals surface area contributed by atoms with Crippen LogP contribution < -0.4 is 10.6 Å². The van der Waals surface area contributed by atoms with E-state index in [2.05, 4.69) is 33.5 Å². The van der Waals surface area contributed by atoms with Crippen molar-refractivity contribution in [2.45, 2.75) is 45.6 Å². The summed E-state index contributed by atoms with van der Waals surface area (Å²) in [5.41, 5.74) is 0.567. The van der Waals surface area contributed by atoms with Crippen molar-refractivity contribution < 1.29 is 14.7 Å². The summed E-state index contributed by atoms with van der Waals surface area (Å²) < 4.78 is 0.640. The van der Waals surface area contributed by atoms with Crippen molar-refractivity contribution >= 4 is 33.6 Å². The van der Waals surface area contributed by atoms with Crippen molar-refractivity contribution in [2.24, 2.45) is 0 Å². The van der Waals surface area contributed by atoms with Gasteiger partial charge in [-0.1, -0.05) is 26.2 Å². The summed E-state index contributed by atoms with van der Waals surface area (Å²) in [4.78, 5) is 22.8. The van der Waals surface area contributed by atoms with E-state index >= 15 is 0 Å².